The van der Waals surface area contributed by atoms with Crippen LogP contribution in [0.3, 0.4) is 0 Å². The Morgan fingerprint density at radius 1 is 1.05 bits per heavy atom. The molecule has 2 heterocycles. The van der Waals surface area contributed by atoms with Gasteiger partial charge in [-0.15, -0.1) is 0 Å². The zero-order chi connectivity index (χ0) is 27.7. The number of aromatic nitrogens is 1. The van der Waals surface area contributed by atoms with E-state index in [0.717, 1.165) is 34.2 Å². The van der Waals surface area contributed by atoms with Gasteiger partial charge in [0.2, 0.25) is 0 Å². The fourth-order valence-electron chi connectivity index (χ4n) is 4.81. The first-order valence-corrected chi connectivity index (χ1v) is 13.7. The first-order valence-electron chi connectivity index (χ1n) is 12.9. The van der Waals surface area contributed by atoms with E-state index in [2.05, 4.69) is 6.92 Å². The maximum absolute atomic E-state index is 13.6. The van der Waals surface area contributed by atoms with Crippen LogP contribution >= 0.6 is 11.3 Å². The topological polar surface area (TPSA) is 89.0 Å². The number of hydrogen-bond acceptors (Lipinski definition) is 7. The smallest absolute Gasteiger partial charge is 0.301 e. The van der Waals surface area contributed by atoms with Crippen LogP contribution in [-0.2, 0) is 9.59 Å². The normalized spacial score (nSPS) is 16.7. The van der Waals surface area contributed by atoms with Crippen molar-refractivity contribution >= 4 is 44.1 Å². The molecule has 7 nitrogen and oxygen atoms in total. The van der Waals surface area contributed by atoms with Crippen LogP contribution in [0, 0.1) is 13.8 Å². The number of carbonyl (C=O) groups is 2. The molecule has 0 spiro atoms. The zero-order valence-corrected chi connectivity index (χ0v) is 23.2. The number of carbonyl (C=O) groups excluding carboxylic acids is 2. The lowest BCUT2D eigenvalue weighted by Gasteiger charge is -2.23. The van der Waals surface area contributed by atoms with Crippen molar-refractivity contribution in [2.24, 2.45) is 0 Å². The summed E-state index contributed by atoms with van der Waals surface area (Å²) in [4.78, 5) is 33.3. The molecule has 0 radical (unpaired) electrons. The number of nitrogens with zero attached hydrogens (tertiary/aromatic N) is 2. The third-order valence-corrected chi connectivity index (χ3v) is 7.78. The molecule has 1 fully saturated rings. The average molecular weight is 543 g/mol. The van der Waals surface area contributed by atoms with Crippen molar-refractivity contribution in [1.82, 2.24) is 4.98 Å². The maximum atomic E-state index is 13.6. The Labute approximate surface area is 231 Å². The highest BCUT2D eigenvalue weighted by Crippen LogP contribution is 2.45. The molecule has 200 valence electrons. The van der Waals surface area contributed by atoms with Gasteiger partial charge in [0, 0.05) is 5.56 Å². The number of Topliss-reactive ketones (excluding diaryl/α,β-unsaturated/α-hetero) is 1. The number of fused-ring (bicyclic) bond motifs is 1. The molecule has 1 atom stereocenters. The predicted molar refractivity (Wildman–Crippen MR) is 154 cm³/mol. The lowest BCUT2D eigenvalue weighted by molar-refractivity contribution is -0.132. The summed E-state index contributed by atoms with van der Waals surface area (Å²) in [6.45, 7) is 6.69. The van der Waals surface area contributed by atoms with Crippen molar-refractivity contribution in [2.45, 2.75) is 39.7 Å². The third-order valence-electron chi connectivity index (χ3n) is 6.77. The van der Waals surface area contributed by atoms with Crippen LogP contribution in [0.25, 0.3) is 16.0 Å². The van der Waals surface area contributed by atoms with Crippen LogP contribution in [0.5, 0.6) is 11.5 Å². The Bertz CT molecular complexity index is 1590. The SMILES string of the molecule is CCCCOc1ccc(C2/C(=C(\O)c3cccc(OC)c3)C(=O)C(=O)N2c2nc3c(C)cc(C)cc3s2)cc1. The van der Waals surface area contributed by atoms with E-state index in [0.29, 0.717) is 34.4 Å². The molecule has 1 N–H and O–H groups in total. The van der Waals surface area contributed by atoms with Crippen LogP contribution in [0.4, 0.5) is 5.13 Å². The molecule has 1 unspecified atom stereocenters. The van der Waals surface area contributed by atoms with Gasteiger partial charge in [0.15, 0.2) is 5.13 Å². The second-order valence-electron chi connectivity index (χ2n) is 9.60. The van der Waals surface area contributed by atoms with Gasteiger partial charge in [-0.05, 0) is 67.3 Å². The molecule has 1 saturated heterocycles. The molecular formula is C31H30N2O5S. The van der Waals surface area contributed by atoms with E-state index in [-0.39, 0.29) is 11.3 Å². The van der Waals surface area contributed by atoms with Crippen molar-refractivity contribution in [3.05, 3.63) is 88.5 Å². The van der Waals surface area contributed by atoms with Gasteiger partial charge >= 0.3 is 5.91 Å². The van der Waals surface area contributed by atoms with Gasteiger partial charge in [0.1, 0.15) is 17.3 Å². The molecule has 0 bridgehead atoms. The van der Waals surface area contributed by atoms with Crippen molar-refractivity contribution in [2.75, 3.05) is 18.6 Å². The molecule has 39 heavy (non-hydrogen) atoms. The summed E-state index contributed by atoms with van der Waals surface area (Å²) >= 11 is 1.35. The van der Waals surface area contributed by atoms with Gasteiger partial charge in [-0.2, -0.15) is 0 Å². The second-order valence-corrected chi connectivity index (χ2v) is 10.6. The number of ether oxygens (including phenoxy) is 2. The largest absolute Gasteiger partial charge is 0.507 e. The minimum absolute atomic E-state index is 0.0000584. The Hall–Kier alpha value is -4.17. The highest BCUT2D eigenvalue weighted by Gasteiger charge is 2.48. The fourth-order valence-corrected chi connectivity index (χ4v) is 5.98. The van der Waals surface area contributed by atoms with Crippen LogP contribution in [0.1, 0.15) is 48.1 Å². The Balaban J connectivity index is 1.66. The predicted octanol–water partition coefficient (Wildman–Crippen LogP) is 6.73. The highest BCUT2D eigenvalue weighted by atomic mass is 32.1. The Morgan fingerprint density at radius 3 is 2.54 bits per heavy atom. The van der Waals surface area contributed by atoms with Gasteiger partial charge in [0.25, 0.3) is 5.78 Å². The number of amides is 1. The summed E-state index contributed by atoms with van der Waals surface area (Å²) in [5.74, 6) is -0.550. The van der Waals surface area contributed by atoms with Crippen LogP contribution in [-0.4, -0.2) is 35.5 Å². The third kappa shape index (κ3) is 5.00. The van der Waals surface area contributed by atoms with E-state index in [1.807, 2.05) is 50.2 Å². The minimum atomic E-state index is -0.872. The number of benzene rings is 3. The number of ketones is 1. The van der Waals surface area contributed by atoms with Crippen LogP contribution < -0.4 is 14.4 Å². The standard InChI is InChI=1S/C31H30N2O5S/c1-5-6-14-38-22-12-10-20(11-13-22)27-25(28(34)21-8-7-9-23(17-21)37-4)29(35)30(36)33(27)31-32-26-19(3)15-18(2)16-24(26)39-31/h7-13,15-17,27,34H,5-6,14H2,1-4H3/b28-25+. The minimum Gasteiger partial charge on any atom is -0.507 e. The van der Waals surface area contributed by atoms with Gasteiger partial charge in [-0.3, -0.25) is 14.5 Å². The molecular weight excluding hydrogens is 512 g/mol. The summed E-state index contributed by atoms with van der Waals surface area (Å²) in [6, 6.07) is 17.3. The number of anilines is 1. The first-order chi connectivity index (χ1) is 18.8. The van der Waals surface area contributed by atoms with E-state index in [4.69, 9.17) is 14.5 Å². The van der Waals surface area contributed by atoms with Gasteiger partial charge in [0.05, 0.1) is 35.5 Å². The molecule has 8 heteroatoms. The van der Waals surface area contributed by atoms with Crippen molar-refractivity contribution in [3.8, 4) is 11.5 Å². The Kier molecular flexibility index (Phi) is 7.39. The van der Waals surface area contributed by atoms with E-state index in [1.165, 1.54) is 23.3 Å². The summed E-state index contributed by atoms with van der Waals surface area (Å²) in [5.41, 5.74) is 3.91. The quantitative estimate of drug-likeness (QED) is 0.115. The maximum Gasteiger partial charge on any atom is 0.301 e. The second kappa shape index (κ2) is 10.9. The number of rotatable bonds is 8. The molecule has 0 aliphatic carbocycles. The molecule has 4 aromatic rings. The van der Waals surface area contributed by atoms with Gasteiger partial charge < -0.3 is 14.6 Å². The van der Waals surface area contributed by atoms with Crippen molar-refractivity contribution < 1.29 is 24.2 Å². The number of thiazole rings is 1. The van der Waals surface area contributed by atoms with Crippen LogP contribution in [0.2, 0.25) is 0 Å². The lowest BCUT2D eigenvalue weighted by atomic mass is 9.95. The molecule has 1 aliphatic rings. The summed E-state index contributed by atoms with van der Waals surface area (Å²) in [6.07, 6.45) is 1.97. The number of aliphatic hydroxyl groups excluding tert-OH is 1. The monoisotopic (exact) mass is 542 g/mol. The van der Waals surface area contributed by atoms with Crippen molar-refractivity contribution in [3.63, 3.8) is 0 Å². The lowest BCUT2D eigenvalue weighted by Crippen LogP contribution is -2.29. The van der Waals surface area contributed by atoms with E-state index < -0.39 is 17.7 Å². The van der Waals surface area contributed by atoms with E-state index in [1.54, 1.807) is 24.3 Å². The molecule has 1 amide bonds. The highest BCUT2D eigenvalue weighted by molar-refractivity contribution is 7.22. The molecule has 5 rings (SSSR count). The summed E-state index contributed by atoms with van der Waals surface area (Å²) in [7, 11) is 1.53. The van der Waals surface area contributed by atoms with Gasteiger partial charge in [-0.25, -0.2) is 4.98 Å². The first kappa shape index (κ1) is 26.4. The number of methoxy groups -OCH3 is 1. The number of aryl methyl sites for hydroxylation is 2. The molecule has 1 aromatic heterocycles. The van der Waals surface area contributed by atoms with E-state index in [9.17, 15) is 14.7 Å². The number of aliphatic hydroxyl groups is 1. The summed E-state index contributed by atoms with van der Waals surface area (Å²) < 4.78 is 12.1. The fraction of sp³-hybridized carbons (Fsp3) is 0.258. The van der Waals surface area contributed by atoms with E-state index >= 15 is 0 Å². The average Bonchev–Trinajstić information content (AvgIpc) is 3.47. The zero-order valence-electron chi connectivity index (χ0n) is 22.4. The number of unbranched alkanes of at least 4 members (excludes halogenated alkanes) is 1. The molecule has 3 aromatic carbocycles. The van der Waals surface area contributed by atoms with Crippen LogP contribution in [0.15, 0.2) is 66.2 Å². The van der Waals surface area contributed by atoms with Crippen molar-refractivity contribution in [1.29, 1.82) is 0 Å². The number of hydrogen-bond donors (Lipinski definition) is 1. The molecule has 1 aliphatic heterocycles. The molecule has 0 saturated carbocycles. The van der Waals surface area contributed by atoms with Gasteiger partial charge in [-0.1, -0.05) is 55.0 Å². The summed E-state index contributed by atoms with van der Waals surface area (Å²) in [5, 5.41) is 11.8. The Morgan fingerprint density at radius 2 is 1.82 bits per heavy atom.